The highest BCUT2D eigenvalue weighted by atomic mass is 16.2. The Morgan fingerprint density at radius 2 is 2.37 bits per heavy atom. The van der Waals surface area contributed by atoms with Gasteiger partial charge in [-0.25, -0.2) is 4.98 Å². The summed E-state index contributed by atoms with van der Waals surface area (Å²) in [6.07, 6.45) is 1.45. The molecule has 2 rings (SSSR count). The molecule has 6 nitrogen and oxygen atoms in total. The normalized spacial score (nSPS) is 22.6. The second-order valence-corrected chi connectivity index (χ2v) is 5.22. The number of amides is 1. The molecule has 6 heteroatoms. The van der Waals surface area contributed by atoms with E-state index in [4.69, 9.17) is 0 Å². The summed E-state index contributed by atoms with van der Waals surface area (Å²) in [5, 5.41) is 2.70. The van der Waals surface area contributed by atoms with E-state index in [1.54, 1.807) is 7.05 Å². The Hall–Kier alpha value is -1.85. The maximum atomic E-state index is 11.9. The monoisotopic (exact) mass is 264 g/mol. The molecule has 0 bridgehead atoms. The van der Waals surface area contributed by atoms with Crippen molar-refractivity contribution in [1.29, 1.82) is 0 Å². The number of hydrogen-bond acceptors (Lipinski definition) is 4. The third kappa shape index (κ3) is 2.62. The summed E-state index contributed by atoms with van der Waals surface area (Å²) < 4.78 is 0. The zero-order valence-electron chi connectivity index (χ0n) is 11.6. The van der Waals surface area contributed by atoms with Crippen molar-refractivity contribution in [2.45, 2.75) is 26.7 Å². The van der Waals surface area contributed by atoms with Gasteiger partial charge in [0.1, 0.15) is 11.6 Å². The van der Waals surface area contributed by atoms with E-state index in [1.807, 2.05) is 18.7 Å². The van der Waals surface area contributed by atoms with Gasteiger partial charge < -0.3 is 15.2 Å². The topological polar surface area (TPSA) is 78.1 Å². The SMILES string of the molecule is CCc1nc(N2CCC(C)(C(=O)NC)C2)cc(=O)[nH]1. The van der Waals surface area contributed by atoms with E-state index >= 15 is 0 Å². The number of aromatic nitrogens is 2. The van der Waals surface area contributed by atoms with Crippen molar-refractivity contribution in [2.24, 2.45) is 5.41 Å². The van der Waals surface area contributed by atoms with E-state index in [0.717, 1.165) is 13.0 Å². The first-order chi connectivity index (χ1) is 8.98. The van der Waals surface area contributed by atoms with Crippen LogP contribution in [0.15, 0.2) is 10.9 Å². The molecular weight excluding hydrogens is 244 g/mol. The van der Waals surface area contributed by atoms with E-state index in [0.29, 0.717) is 24.6 Å². The molecule has 1 amide bonds. The van der Waals surface area contributed by atoms with E-state index in [-0.39, 0.29) is 11.5 Å². The van der Waals surface area contributed by atoms with Crippen molar-refractivity contribution in [2.75, 3.05) is 25.0 Å². The van der Waals surface area contributed by atoms with Gasteiger partial charge in [0, 0.05) is 32.6 Å². The van der Waals surface area contributed by atoms with Gasteiger partial charge in [-0.05, 0) is 13.3 Å². The molecule has 2 heterocycles. The van der Waals surface area contributed by atoms with Gasteiger partial charge in [-0.1, -0.05) is 6.92 Å². The van der Waals surface area contributed by atoms with Crippen LogP contribution in [0.3, 0.4) is 0 Å². The summed E-state index contributed by atoms with van der Waals surface area (Å²) in [4.78, 5) is 32.6. The minimum Gasteiger partial charge on any atom is -0.359 e. The number of carbonyl (C=O) groups excluding carboxylic acids is 1. The van der Waals surface area contributed by atoms with Crippen molar-refractivity contribution in [1.82, 2.24) is 15.3 Å². The number of anilines is 1. The van der Waals surface area contributed by atoms with Gasteiger partial charge in [0.15, 0.2) is 0 Å². The molecule has 19 heavy (non-hydrogen) atoms. The zero-order chi connectivity index (χ0) is 14.0. The lowest BCUT2D eigenvalue weighted by atomic mass is 9.89. The van der Waals surface area contributed by atoms with Crippen molar-refractivity contribution >= 4 is 11.7 Å². The molecule has 0 aromatic carbocycles. The highest BCUT2D eigenvalue weighted by molar-refractivity contribution is 5.83. The number of hydrogen-bond donors (Lipinski definition) is 2. The molecule has 0 aliphatic carbocycles. The number of rotatable bonds is 3. The summed E-state index contributed by atoms with van der Waals surface area (Å²) in [5.74, 6) is 1.37. The largest absolute Gasteiger partial charge is 0.359 e. The van der Waals surface area contributed by atoms with Crippen LogP contribution < -0.4 is 15.8 Å². The molecule has 1 aliphatic heterocycles. The van der Waals surface area contributed by atoms with Crippen LogP contribution in [-0.2, 0) is 11.2 Å². The quantitative estimate of drug-likeness (QED) is 0.823. The molecule has 0 spiro atoms. The van der Waals surface area contributed by atoms with Gasteiger partial charge >= 0.3 is 0 Å². The van der Waals surface area contributed by atoms with Crippen molar-refractivity contribution in [3.63, 3.8) is 0 Å². The number of carbonyl (C=O) groups is 1. The summed E-state index contributed by atoms with van der Waals surface area (Å²) >= 11 is 0. The number of aryl methyl sites for hydroxylation is 1. The maximum absolute atomic E-state index is 11.9. The predicted molar refractivity (Wildman–Crippen MR) is 73.2 cm³/mol. The summed E-state index contributed by atoms with van der Waals surface area (Å²) in [5.41, 5.74) is -0.554. The van der Waals surface area contributed by atoms with Gasteiger partial charge in [0.25, 0.3) is 5.56 Å². The van der Waals surface area contributed by atoms with E-state index in [2.05, 4.69) is 15.3 Å². The second-order valence-electron chi connectivity index (χ2n) is 5.22. The Kier molecular flexibility index (Phi) is 3.59. The lowest BCUT2D eigenvalue weighted by Crippen LogP contribution is -2.39. The van der Waals surface area contributed by atoms with Gasteiger partial charge in [-0.2, -0.15) is 0 Å². The Bertz CT molecular complexity index is 540. The third-order valence-corrected chi connectivity index (χ3v) is 3.68. The Morgan fingerprint density at radius 3 is 3.00 bits per heavy atom. The molecule has 104 valence electrons. The summed E-state index contributed by atoms with van der Waals surface area (Å²) in [6.45, 7) is 5.22. The van der Waals surface area contributed by atoms with Crippen LogP contribution in [0, 0.1) is 5.41 Å². The van der Waals surface area contributed by atoms with Crippen LogP contribution in [0.2, 0.25) is 0 Å². The van der Waals surface area contributed by atoms with E-state index in [1.165, 1.54) is 6.07 Å². The van der Waals surface area contributed by atoms with Crippen LogP contribution in [0.1, 0.15) is 26.1 Å². The first kappa shape index (κ1) is 13.6. The van der Waals surface area contributed by atoms with Crippen molar-refractivity contribution in [3.8, 4) is 0 Å². The first-order valence-corrected chi connectivity index (χ1v) is 6.56. The maximum Gasteiger partial charge on any atom is 0.252 e. The molecule has 1 aromatic rings. The lowest BCUT2D eigenvalue weighted by Gasteiger charge is -2.23. The number of nitrogens with zero attached hydrogens (tertiary/aromatic N) is 2. The molecule has 2 N–H and O–H groups in total. The number of H-pyrrole nitrogens is 1. The smallest absolute Gasteiger partial charge is 0.252 e. The molecule has 1 fully saturated rings. The fourth-order valence-electron chi connectivity index (χ4n) is 2.47. The van der Waals surface area contributed by atoms with Gasteiger partial charge in [0.05, 0.1) is 5.41 Å². The highest BCUT2D eigenvalue weighted by Crippen LogP contribution is 2.32. The average molecular weight is 264 g/mol. The fraction of sp³-hybridized carbons (Fsp3) is 0.615. The number of nitrogens with one attached hydrogen (secondary N) is 2. The third-order valence-electron chi connectivity index (χ3n) is 3.68. The van der Waals surface area contributed by atoms with Crippen LogP contribution in [0.5, 0.6) is 0 Å². The predicted octanol–water partition coefficient (Wildman–Crippen LogP) is 0.295. The molecular formula is C13H20N4O2. The average Bonchev–Trinajstić information content (AvgIpc) is 2.81. The Morgan fingerprint density at radius 1 is 1.63 bits per heavy atom. The van der Waals surface area contributed by atoms with Crippen molar-refractivity contribution < 1.29 is 4.79 Å². The Balaban J connectivity index is 2.24. The van der Waals surface area contributed by atoms with Crippen LogP contribution in [0.4, 0.5) is 5.82 Å². The lowest BCUT2D eigenvalue weighted by molar-refractivity contribution is -0.128. The summed E-state index contributed by atoms with van der Waals surface area (Å²) in [6, 6.07) is 1.49. The summed E-state index contributed by atoms with van der Waals surface area (Å²) in [7, 11) is 1.65. The molecule has 1 saturated heterocycles. The molecule has 1 aliphatic rings. The molecule has 1 aromatic heterocycles. The molecule has 1 atom stereocenters. The number of aromatic amines is 1. The second kappa shape index (κ2) is 5.03. The van der Waals surface area contributed by atoms with Crippen molar-refractivity contribution in [3.05, 3.63) is 22.2 Å². The van der Waals surface area contributed by atoms with Gasteiger partial charge in [-0.15, -0.1) is 0 Å². The fourth-order valence-corrected chi connectivity index (χ4v) is 2.47. The highest BCUT2D eigenvalue weighted by Gasteiger charge is 2.40. The zero-order valence-corrected chi connectivity index (χ0v) is 11.6. The minimum atomic E-state index is -0.411. The van der Waals surface area contributed by atoms with E-state index < -0.39 is 5.41 Å². The van der Waals surface area contributed by atoms with Gasteiger partial charge in [0.2, 0.25) is 5.91 Å². The van der Waals surface area contributed by atoms with Crippen LogP contribution >= 0.6 is 0 Å². The van der Waals surface area contributed by atoms with Gasteiger partial charge in [-0.3, -0.25) is 9.59 Å². The van der Waals surface area contributed by atoms with E-state index in [9.17, 15) is 9.59 Å². The standard InChI is InChI=1S/C13H20N4O2/c1-4-9-15-10(7-11(18)16-9)17-6-5-13(2,8-17)12(19)14-3/h7H,4-6,8H2,1-3H3,(H,14,19)(H,15,16,18). The minimum absolute atomic E-state index is 0.0376. The first-order valence-electron chi connectivity index (χ1n) is 6.56. The molecule has 0 radical (unpaired) electrons. The molecule has 0 saturated carbocycles. The van der Waals surface area contributed by atoms with Crippen LogP contribution in [0.25, 0.3) is 0 Å². The Labute approximate surface area is 112 Å². The molecule has 1 unspecified atom stereocenters. The van der Waals surface area contributed by atoms with Crippen LogP contribution in [-0.4, -0.2) is 36.0 Å².